The van der Waals surface area contributed by atoms with Gasteiger partial charge in [-0.2, -0.15) is 0 Å². The predicted molar refractivity (Wildman–Crippen MR) is 94.1 cm³/mol. The lowest BCUT2D eigenvalue weighted by molar-refractivity contribution is -0.115. The van der Waals surface area contributed by atoms with Crippen molar-refractivity contribution in [1.82, 2.24) is 0 Å². The second-order valence-electron chi connectivity index (χ2n) is 5.63. The van der Waals surface area contributed by atoms with Crippen LogP contribution in [0.3, 0.4) is 0 Å². The van der Waals surface area contributed by atoms with Gasteiger partial charge in [-0.05, 0) is 54.8 Å². The highest BCUT2D eigenvalue weighted by atomic mass is 35.5. The van der Waals surface area contributed by atoms with Crippen LogP contribution in [0.5, 0.6) is 0 Å². The molecular weight excluding hydrogens is 310 g/mol. The van der Waals surface area contributed by atoms with Gasteiger partial charge in [0.15, 0.2) is 0 Å². The third-order valence-electron chi connectivity index (χ3n) is 3.94. The van der Waals surface area contributed by atoms with Gasteiger partial charge < -0.3 is 9.73 Å². The maximum atomic E-state index is 12.3. The number of furan rings is 1. The first-order chi connectivity index (χ1) is 11.1. The Kier molecular flexibility index (Phi) is 4.39. The van der Waals surface area contributed by atoms with Crippen molar-refractivity contribution >= 4 is 34.2 Å². The minimum atomic E-state index is -0.0694. The van der Waals surface area contributed by atoms with Gasteiger partial charge >= 0.3 is 0 Å². The van der Waals surface area contributed by atoms with Crippen molar-refractivity contribution in [2.24, 2.45) is 0 Å². The summed E-state index contributed by atoms with van der Waals surface area (Å²) < 4.78 is 5.54. The van der Waals surface area contributed by atoms with Gasteiger partial charge in [-0.25, -0.2) is 0 Å². The Morgan fingerprint density at radius 2 is 2.04 bits per heavy atom. The Labute approximate surface area is 140 Å². The summed E-state index contributed by atoms with van der Waals surface area (Å²) in [5, 5.41) is 4.60. The fourth-order valence-corrected chi connectivity index (χ4v) is 2.85. The molecule has 0 radical (unpaired) electrons. The molecule has 1 amide bonds. The number of anilines is 1. The number of benzene rings is 2. The van der Waals surface area contributed by atoms with E-state index in [1.54, 1.807) is 12.3 Å². The standard InChI is InChI=1S/C19H18ClNO2/c1-3-13-4-7-18-16(9-13)14(11-23-18)10-19(22)21-17-6-5-15(20)8-12(17)2/h4-9,11H,3,10H2,1-2H3,(H,21,22). The molecule has 1 heterocycles. The number of hydrogen-bond acceptors (Lipinski definition) is 2. The molecule has 3 nitrogen and oxygen atoms in total. The molecule has 0 aliphatic rings. The number of halogens is 1. The number of rotatable bonds is 4. The summed E-state index contributed by atoms with van der Waals surface area (Å²) in [5.41, 5.74) is 4.67. The quantitative estimate of drug-likeness (QED) is 0.721. The van der Waals surface area contributed by atoms with E-state index in [0.29, 0.717) is 5.02 Å². The van der Waals surface area contributed by atoms with Gasteiger partial charge in [0.05, 0.1) is 12.7 Å². The Morgan fingerprint density at radius 1 is 1.22 bits per heavy atom. The van der Waals surface area contributed by atoms with E-state index in [1.165, 1.54) is 5.56 Å². The molecule has 1 N–H and O–H groups in total. The number of hydrogen-bond donors (Lipinski definition) is 1. The third kappa shape index (κ3) is 3.40. The first-order valence-corrected chi connectivity index (χ1v) is 7.99. The van der Waals surface area contributed by atoms with Crippen LogP contribution in [-0.2, 0) is 17.6 Å². The Balaban J connectivity index is 1.80. The molecule has 0 unspecified atom stereocenters. The van der Waals surface area contributed by atoms with Crippen LogP contribution in [0, 0.1) is 6.92 Å². The van der Waals surface area contributed by atoms with Crippen molar-refractivity contribution in [3.63, 3.8) is 0 Å². The average molecular weight is 328 g/mol. The highest BCUT2D eigenvalue weighted by molar-refractivity contribution is 6.30. The van der Waals surface area contributed by atoms with Crippen molar-refractivity contribution in [1.29, 1.82) is 0 Å². The predicted octanol–water partition coefficient (Wildman–Crippen LogP) is 5.14. The van der Waals surface area contributed by atoms with E-state index in [4.69, 9.17) is 16.0 Å². The highest BCUT2D eigenvalue weighted by Crippen LogP contribution is 2.24. The maximum Gasteiger partial charge on any atom is 0.228 e. The van der Waals surface area contributed by atoms with Crippen LogP contribution in [0.15, 0.2) is 47.1 Å². The zero-order valence-electron chi connectivity index (χ0n) is 13.2. The van der Waals surface area contributed by atoms with Crippen LogP contribution in [0.4, 0.5) is 5.69 Å². The van der Waals surface area contributed by atoms with Gasteiger partial charge in [0.25, 0.3) is 0 Å². The fourth-order valence-electron chi connectivity index (χ4n) is 2.62. The van der Waals surface area contributed by atoms with Crippen molar-refractivity contribution in [3.05, 3.63) is 64.4 Å². The normalized spacial score (nSPS) is 10.9. The van der Waals surface area contributed by atoms with Gasteiger partial charge in [-0.3, -0.25) is 4.79 Å². The van der Waals surface area contributed by atoms with E-state index < -0.39 is 0 Å². The van der Waals surface area contributed by atoms with Gasteiger partial charge in [-0.1, -0.05) is 24.6 Å². The number of aryl methyl sites for hydroxylation is 2. The number of nitrogens with one attached hydrogen (secondary N) is 1. The zero-order valence-corrected chi connectivity index (χ0v) is 13.9. The highest BCUT2D eigenvalue weighted by Gasteiger charge is 2.12. The molecule has 4 heteroatoms. The van der Waals surface area contributed by atoms with Crippen molar-refractivity contribution in [3.8, 4) is 0 Å². The van der Waals surface area contributed by atoms with Crippen molar-refractivity contribution in [2.75, 3.05) is 5.32 Å². The van der Waals surface area contributed by atoms with E-state index in [2.05, 4.69) is 18.3 Å². The lowest BCUT2D eigenvalue weighted by Gasteiger charge is -2.08. The average Bonchev–Trinajstić information content (AvgIpc) is 2.92. The van der Waals surface area contributed by atoms with Crippen LogP contribution in [0.1, 0.15) is 23.6 Å². The molecule has 0 bridgehead atoms. The summed E-state index contributed by atoms with van der Waals surface area (Å²) in [5.74, 6) is -0.0694. The summed E-state index contributed by atoms with van der Waals surface area (Å²) in [7, 11) is 0. The van der Waals surface area contributed by atoms with E-state index in [1.807, 2.05) is 31.2 Å². The van der Waals surface area contributed by atoms with Gasteiger partial charge in [-0.15, -0.1) is 0 Å². The Bertz CT molecular complexity index is 867. The lowest BCUT2D eigenvalue weighted by Crippen LogP contribution is -2.14. The van der Waals surface area contributed by atoms with Crippen LogP contribution in [-0.4, -0.2) is 5.91 Å². The summed E-state index contributed by atoms with van der Waals surface area (Å²) in [6.45, 7) is 4.03. The topological polar surface area (TPSA) is 42.2 Å². The smallest absolute Gasteiger partial charge is 0.228 e. The second kappa shape index (κ2) is 6.47. The molecule has 0 aliphatic heterocycles. The molecular formula is C19H18ClNO2. The number of fused-ring (bicyclic) bond motifs is 1. The molecule has 23 heavy (non-hydrogen) atoms. The van der Waals surface area contributed by atoms with E-state index in [9.17, 15) is 4.79 Å². The summed E-state index contributed by atoms with van der Waals surface area (Å²) in [4.78, 5) is 12.3. The first-order valence-electron chi connectivity index (χ1n) is 7.62. The van der Waals surface area contributed by atoms with Crippen LogP contribution >= 0.6 is 11.6 Å². The molecule has 0 atom stereocenters. The minimum absolute atomic E-state index is 0.0694. The zero-order chi connectivity index (χ0) is 16.4. The van der Waals surface area contributed by atoms with E-state index in [0.717, 1.165) is 34.2 Å². The SMILES string of the molecule is CCc1ccc2occ(CC(=O)Nc3ccc(Cl)cc3C)c2c1. The molecule has 2 aromatic carbocycles. The fraction of sp³-hybridized carbons (Fsp3) is 0.211. The molecule has 0 aliphatic carbocycles. The molecule has 3 aromatic rings. The molecule has 3 rings (SSSR count). The Hall–Kier alpha value is -2.26. The van der Waals surface area contributed by atoms with Crippen molar-refractivity contribution < 1.29 is 9.21 Å². The molecule has 0 spiro atoms. The van der Waals surface area contributed by atoms with Crippen LogP contribution < -0.4 is 5.32 Å². The van der Waals surface area contributed by atoms with Gasteiger partial charge in [0, 0.05) is 21.7 Å². The molecule has 0 saturated heterocycles. The molecule has 118 valence electrons. The summed E-state index contributed by atoms with van der Waals surface area (Å²) in [6.07, 6.45) is 2.90. The minimum Gasteiger partial charge on any atom is -0.464 e. The van der Waals surface area contributed by atoms with Crippen LogP contribution in [0.25, 0.3) is 11.0 Å². The van der Waals surface area contributed by atoms with E-state index >= 15 is 0 Å². The first kappa shape index (κ1) is 15.6. The Morgan fingerprint density at radius 3 is 2.78 bits per heavy atom. The number of carbonyl (C=O) groups excluding carboxylic acids is 1. The maximum absolute atomic E-state index is 12.3. The number of carbonyl (C=O) groups is 1. The van der Waals surface area contributed by atoms with E-state index in [-0.39, 0.29) is 12.3 Å². The van der Waals surface area contributed by atoms with Gasteiger partial charge in [0.2, 0.25) is 5.91 Å². The summed E-state index contributed by atoms with van der Waals surface area (Å²) >= 11 is 5.94. The molecule has 0 fully saturated rings. The second-order valence-corrected chi connectivity index (χ2v) is 6.07. The lowest BCUT2D eigenvalue weighted by atomic mass is 10.1. The van der Waals surface area contributed by atoms with Crippen molar-refractivity contribution in [2.45, 2.75) is 26.7 Å². The monoisotopic (exact) mass is 327 g/mol. The third-order valence-corrected chi connectivity index (χ3v) is 4.17. The molecule has 0 saturated carbocycles. The number of amides is 1. The van der Waals surface area contributed by atoms with Crippen LogP contribution in [0.2, 0.25) is 5.02 Å². The molecule has 1 aromatic heterocycles. The summed E-state index contributed by atoms with van der Waals surface area (Å²) in [6, 6.07) is 11.5. The largest absolute Gasteiger partial charge is 0.464 e. The van der Waals surface area contributed by atoms with Gasteiger partial charge in [0.1, 0.15) is 5.58 Å².